The largest absolute Gasteiger partial charge is 0.370 e. The molecule has 21 heavy (non-hydrogen) atoms. The van der Waals surface area contributed by atoms with Crippen molar-refractivity contribution in [2.45, 2.75) is 26.7 Å². The number of nitrogens with zero attached hydrogens (tertiary/aromatic N) is 2. The highest BCUT2D eigenvalue weighted by atomic mass is 127. The molecule has 1 heterocycles. The number of aromatic nitrogens is 2. The van der Waals surface area contributed by atoms with Crippen molar-refractivity contribution >= 4 is 35.6 Å². The van der Waals surface area contributed by atoms with Crippen molar-refractivity contribution < 1.29 is 0 Å². The fourth-order valence-corrected chi connectivity index (χ4v) is 1.92. The fraction of sp³-hybridized carbons (Fsp3) is 0.333. The molecule has 0 aliphatic rings. The molecule has 0 aliphatic heterocycles. The van der Waals surface area contributed by atoms with Gasteiger partial charge in [0.25, 0.3) is 0 Å². The second kappa shape index (κ2) is 8.66. The average Bonchev–Trinajstić information content (AvgIpc) is 2.83. The molecule has 0 bridgehead atoms. The monoisotopic (exact) mass is 399 g/mol. The topological polar surface area (TPSA) is 79.1 Å². The van der Waals surface area contributed by atoms with Gasteiger partial charge in [-0.2, -0.15) is 5.10 Å². The Kier molecular flexibility index (Phi) is 7.21. The number of aromatic amines is 1. The summed E-state index contributed by atoms with van der Waals surface area (Å²) < 4.78 is 0. The van der Waals surface area contributed by atoms with Crippen LogP contribution in [0.3, 0.4) is 0 Å². The molecule has 114 valence electrons. The number of hydrogen-bond acceptors (Lipinski definition) is 2. The first-order valence-corrected chi connectivity index (χ1v) is 6.77. The number of nitrogens with one attached hydrogen (secondary N) is 2. The zero-order chi connectivity index (χ0) is 14.4. The van der Waals surface area contributed by atoms with E-state index in [1.165, 1.54) is 11.1 Å². The number of benzene rings is 1. The van der Waals surface area contributed by atoms with Gasteiger partial charge < -0.3 is 11.1 Å². The normalized spacial score (nSPS) is 11.0. The number of H-pyrrole nitrogens is 1. The molecule has 2 aromatic rings. The summed E-state index contributed by atoms with van der Waals surface area (Å²) in [6.45, 7) is 4.79. The van der Waals surface area contributed by atoms with Crippen LogP contribution in [0.5, 0.6) is 0 Å². The standard InChI is InChI=1S/C15H21N5.HI/c1-11-5-7-14(8-6-11)19-15(16)17-9-3-4-13-10-18-20-12(13)2;/h5-8,10H,3-4,9H2,1-2H3,(H,18,20)(H3,16,17,19);1H. The molecule has 0 amide bonds. The predicted octanol–water partition coefficient (Wildman–Crippen LogP) is 3.00. The average molecular weight is 399 g/mol. The van der Waals surface area contributed by atoms with Gasteiger partial charge in [0.15, 0.2) is 5.96 Å². The Morgan fingerprint density at radius 1 is 1.29 bits per heavy atom. The highest BCUT2D eigenvalue weighted by molar-refractivity contribution is 14.0. The molecule has 5 nitrogen and oxygen atoms in total. The summed E-state index contributed by atoms with van der Waals surface area (Å²) in [7, 11) is 0. The van der Waals surface area contributed by atoms with Crippen LogP contribution in [0.1, 0.15) is 23.2 Å². The molecule has 4 N–H and O–H groups in total. The Balaban J connectivity index is 0.00000220. The van der Waals surface area contributed by atoms with Crippen LogP contribution in [0.4, 0.5) is 5.69 Å². The van der Waals surface area contributed by atoms with E-state index in [-0.39, 0.29) is 24.0 Å². The van der Waals surface area contributed by atoms with Crippen LogP contribution in [-0.2, 0) is 6.42 Å². The highest BCUT2D eigenvalue weighted by Gasteiger charge is 1.99. The van der Waals surface area contributed by atoms with Crippen LogP contribution in [0, 0.1) is 13.8 Å². The van der Waals surface area contributed by atoms with Crippen molar-refractivity contribution in [2.24, 2.45) is 10.7 Å². The first-order chi connectivity index (χ1) is 9.65. The lowest BCUT2D eigenvalue weighted by Gasteiger charge is -2.05. The summed E-state index contributed by atoms with van der Waals surface area (Å²) in [5.74, 6) is 0.456. The Morgan fingerprint density at radius 3 is 2.62 bits per heavy atom. The number of aliphatic imine (C=N–C) groups is 1. The van der Waals surface area contributed by atoms with E-state index in [2.05, 4.69) is 27.4 Å². The maximum Gasteiger partial charge on any atom is 0.193 e. The van der Waals surface area contributed by atoms with E-state index in [9.17, 15) is 0 Å². The number of nitrogens with two attached hydrogens (primary N) is 1. The van der Waals surface area contributed by atoms with Gasteiger partial charge in [0.05, 0.1) is 6.20 Å². The fourth-order valence-electron chi connectivity index (χ4n) is 1.92. The minimum atomic E-state index is 0. The van der Waals surface area contributed by atoms with Crippen molar-refractivity contribution in [2.75, 3.05) is 11.9 Å². The number of aryl methyl sites for hydroxylation is 3. The van der Waals surface area contributed by atoms with Crippen molar-refractivity contribution in [1.82, 2.24) is 10.2 Å². The second-order valence-corrected chi connectivity index (χ2v) is 4.88. The molecule has 0 fully saturated rings. The van der Waals surface area contributed by atoms with E-state index in [1.807, 2.05) is 37.4 Å². The number of halogens is 1. The Labute approximate surface area is 142 Å². The maximum atomic E-state index is 5.85. The Hall–Kier alpha value is -1.57. The third-order valence-electron chi connectivity index (χ3n) is 3.14. The molecule has 1 aromatic carbocycles. The van der Waals surface area contributed by atoms with Crippen LogP contribution in [-0.4, -0.2) is 22.7 Å². The molecule has 1 aromatic heterocycles. The Morgan fingerprint density at radius 2 is 2.00 bits per heavy atom. The quantitative estimate of drug-likeness (QED) is 0.313. The number of anilines is 1. The lowest BCUT2D eigenvalue weighted by atomic mass is 10.1. The van der Waals surface area contributed by atoms with Gasteiger partial charge in [0.1, 0.15) is 0 Å². The molecule has 2 rings (SSSR count). The molecule has 0 unspecified atom stereocenters. The first kappa shape index (κ1) is 17.5. The van der Waals surface area contributed by atoms with Gasteiger partial charge >= 0.3 is 0 Å². The molecule has 0 atom stereocenters. The van der Waals surface area contributed by atoms with Crippen molar-refractivity contribution in [3.63, 3.8) is 0 Å². The molecular weight excluding hydrogens is 377 g/mol. The third-order valence-corrected chi connectivity index (χ3v) is 3.14. The zero-order valence-corrected chi connectivity index (χ0v) is 14.7. The zero-order valence-electron chi connectivity index (χ0n) is 12.4. The minimum Gasteiger partial charge on any atom is -0.370 e. The van der Waals surface area contributed by atoms with Gasteiger partial charge in [-0.05, 0) is 44.4 Å². The van der Waals surface area contributed by atoms with Crippen molar-refractivity contribution in [1.29, 1.82) is 0 Å². The van der Waals surface area contributed by atoms with Crippen molar-refractivity contribution in [3.8, 4) is 0 Å². The Bertz CT molecular complexity index is 574. The SMILES string of the molecule is Cc1ccc(NC(N)=NCCCc2cn[nH]c2C)cc1.I. The first-order valence-electron chi connectivity index (χ1n) is 6.77. The van der Waals surface area contributed by atoms with Crippen LogP contribution in [0.25, 0.3) is 0 Å². The summed E-state index contributed by atoms with van der Waals surface area (Å²) in [4.78, 5) is 4.32. The molecule has 0 spiro atoms. The van der Waals surface area contributed by atoms with E-state index in [4.69, 9.17) is 5.73 Å². The second-order valence-electron chi connectivity index (χ2n) is 4.88. The summed E-state index contributed by atoms with van der Waals surface area (Å²) in [5, 5.41) is 10.0. The van der Waals surface area contributed by atoms with Gasteiger partial charge in [-0.3, -0.25) is 10.1 Å². The van der Waals surface area contributed by atoms with Gasteiger partial charge in [0, 0.05) is 17.9 Å². The summed E-state index contributed by atoms with van der Waals surface area (Å²) in [5.41, 5.74) is 10.4. The predicted molar refractivity (Wildman–Crippen MR) is 98.4 cm³/mol. The molecule has 0 saturated heterocycles. The van der Waals surface area contributed by atoms with Crippen LogP contribution in [0.2, 0.25) is 0 Å². The van der Waals surface area contributed by atoms with E-state index in [1.54, 1.807) is 0 Å². The van der Waals surface area contributed by atoms with Gasteiger partial charge in [-0.15, -0.1) is 24.0 Å². The maximum absolute atomic E-state index is 5.85. The van der Waals surface area contributed by atoms with Crippen LogP contribution >= 0.6 is 24.0 Å². The smallest absolute Gasteiger partial charge is 0.193 e. The summed E-state index contributed by atoms with van der Waals surface area (Å²) in [6.07, 6.45) is 3.78. The molecule has 0 saturated carbocycles. The van der Waals surface area contributed by atoms with E-state index < -0.39 is 0 Å². The number of hydrogen-bond donors (Lipinski definition) is 3. The molecule has 0 radical (unpaired) electrons. The van der Waals surface area contributed by atoms with E-state index in [0.717, 1.165) is 24.2 Å². The lowest BCUT2D eigenvalue weighted by Crippen LogP contribution is -2.22. The van der Waals surface area contributed by atoms with E-state index >= 15 is 0 Å². The minimum absolute atomic E-state index is 0. The lowest BCUT2D eigenvalue weighted by molar-refractivity contribution is 0.828. The van der Waals surface area contributed by atoms with Crippen molar-refractivity contribution in [3.05, 3.63) is 47.3 Å². The third kappa shape index (κ3) is 5.74. The summed E-state index contributed by atoms with van der Waals surface area (Å²) >= 11 is 0. The molecule has 0 aliphatic carbocycles. The van der Waals surface area contributed by atoms with Gasteiger partial charge in [-0.25, -0.2) is 0 Å². The van der Waals surface area contributed by atoms with E-state index in [0.29, 0.717) is 12.5 Å². The van der Waals surface area contributed by atoms with Gasteiger partial charge in [-0.1, -0.05) is 17.7 Å². The molecule has 6 heteroatoms. The number of rotatable bonds is 5. The summed E-state index contributed by atoms with van der Waals surface area (Å²) in [6, 6.07) is 8.06. The highest BCUT2D eigenvalue weighted by Crippen LogP contribution is 2.08. The number of guanidine groups is 1. The molecular formula is C15H22IN5. The van der Waals surface area contributed by atoms with Crippen LogP contribution < -0.4 is 11.1 Å². The van der Waals surface area contributed by atoms with Crippen LogP contribution in [0.15, 0.2) is 35.5 Å². The van der Waals surface area contributed by atoms with Gasteiger partial charge in [0.2, 0.25) is 0 Å².